The Morgan fingerprint density at radius 2 is 1.50 bits per heavy atom. The van der Waals surface area contributed by atoms with Crippen LogP contribution >= 0.6 is 0 Å². The van der Waals surface area contributed by atoms with Crippen LogP contribution in [0.15, 0.2) is 54.6 Å². The molecule has 0 aliphatic rings. The van der Waals surface area contributed by atoms with Crippen molar-refractivity contribution in [1.82, 2.24) is 5.32 Å². The molecule has 0 saturated heterocycles. The maximum Gasteiger partial charge on any atom is 0.258 e. The Hall–Kier alpha value is -2.62. The predicted octanol–water partition coefficient (Wildman–Crippen LogP) is 3.46. The van der Waals surface area contributed by atoms with E-state index in [1.807, 2.05) is 39.0 Å². The molecule has 24 heavy (non-hydrogen) atoms. The summed E-state index contributed by atoms with van der Waals surface area (Å²) in [7, 11) is 0. The van der Waals surface area contributed by atoms with Crippen LogP contribution in [0.25, 0.3) is 0 Å². The summed E-state index contributed by atoms with van der Waals surface area (Å²) >= 11 is 0. The fraction of sp³-hybridized carbons (Fsp3) is 0.300. The molecular weight excluding hydrogens is 302 g/mol. The lowest BCUT2D eigenvalue weighted by Gasteiger charge is -2.17. The van der Waals surface area contributed by atoms with Crippen molar-refractivity contribution in [1.29, 1.82) is 0 Å². The number of rotatable bonds is 7. The van der Waals surface area contributed by atoms with Crippen molar-refractivity contribution in [2.75, 3.05) is 6.61 Å². The third kappa shape index (κ3) is 4.95. The van der Waals surface area contributed by atoms with E-state index in [2.05, 4.69) is 5.32 Å². The second kappa shape index (κ2) is 8.29. The number of carbonyl (C=O) groups is 2. The minimum atomic E-state index is -0.152. The summed E-state index contributed by atoms with van der Waals surface area (Å²) in [6, 6.07) is 16.0. The van der Waals surface area contributed by atoms with E-state index in [0.717, 1.165) is 0 Å². The molecule has 1 amide bonds. The average Bonchev–Trinajstić information content (AvgIpc) is 2.60. The number of carbonyl (C=O) groups excluding carboxylic acids is 2. The van der Waals surface area contributed by atoms with E-state index in [0.29, 0.717) is 22.8 Å². The van der Waals surface area contributed by atoms with Crippen molar-refractivity contribution >= 4 is 11.7 Å². The Balaban J connectivity index is 1.91. The van der Waals surface area contributed by atoms with Gasteiger partial charge in [0.05, 0.1) is 0 Å². The van der Waals surface area contributed by atoms with Gasteiger partial charge in [-0.3, -0.25) is 9.59 Å². The number of hydrogen-bond donors (Lipinski definition) is 1. The molecule has 0 heterocycles. The predicted molar refractivity (Wildman–Crippen MR) is 94.3 cm³/mol. The zero-order valence-electron chi connectivity index (χ0n) is 14.3. The van der Waals surface area contributed by atoms with Gasteiger partial charge < -0.3 is 10.1 Å². The van der Waals surface area contributed by atoms with Crippen LogP contribution in [-0.4, -0.2) is 24.3 Å². The summed E-state index contributed by atoms with van der Waals surface area (Å²) in [5.41, 5.74) is 1.24. The Kier molecular flexibility index (Phi) is 6.13. The van der Waals surface area contributed by atoms with Crippen LogP contribution in [0.1, 0.15) is 36.7 Å². The first-order valence-electron chi connectivity index (χ1n) is 8.09. The first-order chi connectivity index (χ1) is 11.5. The lowest BCUT2D eigenvalue weighted by molar-refractivity contribution is -0.124. The minimum Gasteiger partial charge on any atom is -0.484 e. The SMILES string of the molecule is CC(C)[C@@H](C)NC(=O)COc1ccc(C(=O)c2ccccc2)cc1. The molecule has 0 unspecified atom stereocenters. The molecule has 1 atom stereocenters. The molecule has 2 rings (SSSR count). The second-order valence-corrected chi connectivity index (χ2v) is 6.11. The topological polar surface area (TPSA) is 55.4 Å². The Labute approximate surface area is 142 Å². The van der Waals surface area contributed by atoms with E-state index in [9.17, 15) is 9.59 Å². The minimum absolute atomic E-state index is 0.0364. The van der Waals surface area contributed by atoms with Crippen molar-refractivity contribution in [3.05, 3.63) is 65.7 Å². The van der Waals surface area contributed by atoms with Gasteiger partial charge in [0.1, 0.15) is 5.75 Å². The van der Waals surface area contributed by atoms with Crippen LogP contribution in [0.4, 0.5) is 0 Å². The lowest BCUT2D eigenvalue weighted by Crippen LogP contribution is -2.38. The first-order valence-corrected chi connectivity index (χ1v) is 8.09. The lowest BCUT2D eigenvalue weighted by atomic mass is 10.0. The molecule has 0 aliphatic carbocycles. The van der Waals surface area contributed by atoms with Crippen molar-refractivity contribution in [2.45, 2.75) is 26.8 Å². The number of hydrogen-bond acceptors (Lipinski definition) is 3. The standard InChI is InChI=1S/C20H23NO3/c1-14(2)15(3)21-19(22)13-24-18-11-9-17(10-12-18)20(23)16-7-5-4-6-8-16/h4-12,14-15H,13H2,1-3H3,(H,21,22)/t15-/m1/s1. The Morgan fingerprint density at radius 3 is 2.08 bits per heavy atom. The van der Waals surface area contributed by atoms with E-state index >= 15 is 0 Å². The third-order valence-electron chi connectivity index (χ3n) is 3.91. The summed E-state index contributed by atoms with van der Waals surface area (Å²) in [6.45, 7) is 6.03. The molecule has 4 heteroatoms. The number of benzene rings is 2. The van der Waals surface area contributed by atoms with Gasteiger partial charge in [-0.15, -0.1) is 0 Å². The van der Waals surface area contributed by atoms with E-state index in [4.69, 9.17) is 4.74 Å². The van der Waals surface area contributed by atoms with E-state index < -0.39 is 0 Å². The van der Waals surface area contributed by atoms with E-state index in [1.54, 1.807) is 36.4 Å². The summed E-state index contributed by atoms with van der Waals surface area (Å²) in [5, 5.41) is 2.88. The van der Waals surface area contributed by atoms with Gasteiger partial charge in [0.2, 0.25) is 0 Å². The highest BCUT2D eigenvalue weighted by molar-refractivity contribution is 6.08. The van der Waals surface area contributed by atoms with Crippen molar-refractivity contribution in [3.8, 4) is 5.75 Å². The summed E-state index contributed by atoms with van der Waals surface area (Å²) in [6.07, 6.45) is 0. The molecule has 4 nitrogen and oxygen atoms in total. The van der Waals surface area contributed by atoms with E-state index in [1.165, 1.54) is 0 Å². The monoisotopic (exact) mass is 325 g/mol. The molecule has 2 aromatic rings. The highest BCUT2D eigenvalue weighted by atomic mass is 16.5. The Bertz CT molecular complexity index is 678. The van der Waals surface area contributed by atoms with Crippen molar-refractivity contribution < 1.29 is 14.3 Å². The fourth-order valence-corrected chi connectivity index (χ4v) is 2.07. The molecule has 0 saturated carbocycles. The molecule has 0 aliphatic heterocycles. The largest absolute Gasteiger partial charge is 0.484 e. The van der Waals surface area contributed by atoms with Crippen LogP contribution < -0.4 is 10.1 Å². The summed E-state index contributed by atoms with van der Waals surface area (Å²) < 4.78 is 5.47. The zero-order chi connectivity index (χ0) is 17.5. The average molecular weight is 325 g/mol. The van der Waals surface area contributed by atoms with Crippen molar-refractivity contribution in [2.24, 2.45) is 5.92 Å². The fourth-order valence-electron chi connectivity index (χ4n) is 2.07. The van der Waals surface area contributed by atoms with Crippen molar-refractivity contribution in [3.63, 3.8) is 0 Å². The molecule has 2 aromatic carbocycles. The molecule has 0 aromatic heterocycles. The van der Waals surface area contributed by atoms with Gasteiger partial charge in [-0.2, -0.15) is 0 Å². The first kappa shape index (κ1) is 17.7. The quantitative estimate of drug-likeness (QED) is 0.793. The molecule has 0 radical (unpaired) electrons. The molecule has 1 N–H and O–H groups in total. The zero-order valence-corrected chi connectivity index (χ0v) is 14.3. The highest BCUT2D eigenvalue weighted by Gasteiger charge is 2.12. The van der Waals surface area contributed by atoms with Gasteiger partial charge in [-0.05, 0) is 37.1 Å². The number of nitrogens with one attached hydrogen (secondary N) is 1. The molecule has 0 bridgehead atoms. The summed E-state index contributed by atoms with van der Waals surface area (Å²) in [4.78, 5) is 24.1. The maximum absolute atomic E-state index is 12.3. The van der Waals surface area contributed by atoms with Crippen LogP contribution in [0.3, 0.4) is 0 Å². The smallest absolute Gasteiger partial charge is 0.258 e. The molecule has 0 spiro atoms. The van der Waals surface area contributed by atoms with Crippen LogP contribution in [0.5, 0.6) is 5.75 Å². The highest BCUT2D eigenvalue weighted by Crippen LogP contribution is 2.15. The number of amides is 1. The van der Waals surface area contributed by atoms with Gasteiger partial charge in [0.15, 0.2) is 12.4 Å². The molecule has 0 fully saturated rings. The second-order valence-electron chi connectivity index (χ2n) is 6.11. The van der Waals surface area contributed by atoms with Gasteiger partial charge in [0, 0.05) is 17.2 Å². The molecule has 126 valence electrons. The van der Waals surface area contributed by atoms with Crippen LogP contribution in [0, 0.1) is 5.92 Å². The van der Waals surface area contributed by atoms with Crippen LogP contribution in [-0.2, 0) is 4.79 Å². The van der Waals surface area contributed by atoms with E-state index in [-0.39, 0.29) is 24.3 Å². The Morgan fingerprint density at radius 1 is 0.917 bits per heavy atom. The van der Waals surface area contributed by atoms with Gasteiger partial charge in [-0.1, -0.05) is 44.2 Å². The third-order valence-corrected chi connectivity index (χ3v) is 3.91. The summed E-state index contributed by atoms with van der Waals surface area (Å²) in [5.74, 6) is 0.746. The molecular formula is C20H23NO3. The maximum atomic E-state index is 12.3. The van der Waals surface area contributed by atoms with Gasteiger partial charge in [-0.25, -0.2) is 0 Å². The number of ketones is 1. The number of ether oxygens (including phenoxy) is 1. The normalized spacial score (nSPS) is 11.8. The van der Waals surface area contributed by atoms with Gasteiger partial charge in [0.25, 0.3) is 5.91 Å². The van der Waals surface area contributed by atoms with Crippen LogP contribution in [0.2, 0.25) is 0 Å². The van der Waals surface area contributed by atoms with Gasteiger partial charge >= 0.3 is 0 Å².